The Bertz CT molecular complexity index is 740. The number of carbonyl (C=O) groups excluding carboxylic acids is 1. The van der Waals surface area contributed by atoms with E-state index in [1.165, 1.54) is 10.6 Å². The first-order valence-corrected chi connectivity index (χ1v) is 6.42. The van der Waals surface area contributed by atoms with Gasteiger partial charge in [-0.05, 0) is 23.8 Å². The lowest BCUT2D eigenvalue weighted by atomic mass is 10.1. The third-order valence-corrected chi connectivity index (χ3v) is 3.26. The van der Waals surface area contributed by atoms with E-state index < -0.39 is 5.91 Å². The Balaban J connectivity index is 2.48. The highest BCUT2D eigenvalue weighted by atomic mass is 35.5. The number of hydrogen-bond donors (Lipinski definition) is 3. The maximum absolute atomic E-state index is 11.3. The number of rotatable bonds is 3. The van der Waals surface area contributed by atoms with Crippen LogP contribution in [0.2, 0.25) is 10.0 Å². The summed E-state index contributed by atoms with van der Waals surface area (Å²) in [5, 5.41) is 8.83. The summed E-state index contributed by atoms with van der Waals surface area (Å²) in [7, 11) is 0. The van der Waals surface area contributed by atoms with Gasteiger partial charge in [-0.1, -0.05) is 29.3 Å². The smallest absolute Gasteiger partial charge is 0.252 e. The Morgan fingerprint density at radius 2 is 1.95 bits per heavy atom. The molecule has 0 saturated heterocycles. The third kappa shape index (κ3) is 2.95. The maximum atomic E-state index is 11.3. The molecule has 5 N–H and O–H groups in total. The highest BCUT2D eigenvalue weighted by Crippen LogP contribution is 2.19. The first-order valence-electron chi connectivity index (χ1n) is 5.67. The van der Waals surface area contributed by atoms with Gasteiger partial charge in [0.05, 0.1) is 17.1 Å². The van der Waals surface area contributed by atoms with Crippen LogP contribution in [-0.2, 0) is 6.54 Å². The molecule has 0 fully saturated rings. The second-order valence-electron chi connectivity index (χ2n) is 4.26. The number of carbonyl (C=O) groups is 1. The van der Waals surface area contributed by atoms with E-state index in [2.05, 4.69) is 0 Å². The molecule has 2 rings (SSSR count). The fourth-order valence-electron chi connectivity index (χ4n) is 1.82. The monoisotopic (exact) mass is 310 g/mol. The molecule has 0 bridgehead atoms. The van der Waals surface area contributed by atoms with Crippen molar-refractivity contribution in [1.29, 1.82) is 5.41 Å². The van der Waals surface area contributed by atoms with Gasteiger partial charge in [-0.3, -0.25) is 10.2 Å². The van der Waals surface area contributed by atoms with Gasteiger partial charge in [0.25, 0.3) is 5.91 Å². The van der Waals surface area contributed by atoms with Crippen LogP contribution in [0, 0.1) is 5.41 Å². The minimum atomic E-state index is -0.699. The van der Waals surface area contributed by atoms with Crippen LogP contribution in [0.3, 0.4) is 0 Å². The number of nitrogens with zero attached hydrogens (tertiary/aromatic N) is 1. The molecule has 0 spiro atoms. The summed E-state index contributed by atoms with van der Waals surface area (Å²) in [6, 6.07) is 6.46. The van der Waals surface area contributed by atoms with Gasteiger partial charge < -0.3 is 16.0 Å². The lowest BCUT2D eigenvalue weighted by molar-refractivity contribution is 0.0998. The van der Waals surface area contributed by atoms with Gasteiger partial charge in [0.1, 0.15) is 5.49 Å². The minimum absolute atomic E-state index is 0.0174. The van der Waals surface area contributed by atoms with Gasteiger partial charge >= 0.3 is 0 Å². The normalized spacial score (nSPS) is 10.5. The van der Waals surface area contributed by atoms with Crippen LogP contribution in [0.15, 0.2) is 30.5 Å². The van der Waals surface area contributed by atoms with E-state index in [1.54, 1.807) is 24.4 Å². The molecule has 1 aromatic carbocycles. The van der Waals surface area contributed by atoms with Crippen LogP contribution in [0.4, 0.5) is 5.69 Å². The van der Waals surface area contributed by atoms with Gasteiger partial charge in [0, 0.05) is 16.9 Å². The largest absolute Gasteiger partial charge is 0.398 e. The van der Waals surface area contributed by atoms with Gasteiger partial charge in [0.15, 0.2) is 0 Å². The number of benzene rings is 1. The average molecular weight is 311 g/mol. The zero-order valence-corrected chi connectivity index (χ0v) is 11.9. The molecular formula is C13H12Cl2N4O. The molecule has 0 saturated carbocycles. The predicted octanol–water partition coefficient (Wildman–Crippen LogP) is 2.00. The van der Waals surface area contributed by atoms with Crippen LogP contribution < -0.4 is 17.0 Å². The zero-order chi connectivity index (χ0) is 14.9. The summed E-state index contributed by atoms with van der Waals surface area (Å²) < 4.78 is 1.50. The Kier molecular flexibility index (Phi) is 4.01. The SMILES string of the molecule is N=c1c(C(N)=O)cc(Cl)cn1Cc1ccc(Cl)cc1N. The Hall–Kier alpha value is -1.98. The van der Waals surface area contributed by atoms with Gasteiger partial charge in [-0.25, -0.2) is 0 Å². The van der Waals surface area contributed by atoms with Gasteiger partial charge in [-0.15, -0.1) is 0 Å². The molecule has 20 heavy (non-hydrogen) atoms. The molecule has 1 amide bonds. The van der Waals surface area contributed by atoms with E-state index in [-0.39, 0.29) is 11.1 Å². The molecule has 104 valence electrons. The number of aromatic nitrogens is 1. The third-order valence-electron chi connectivity index (χ3n) is 2.82. The van der Waals surface area contributed by atoms with Crippen molar-refractivity contribution in [3.8, 4) is 0 Å². The van der Waals surface area contributed by atoms with Crippen molar-refractivity contribution in [3.63, 3.8) is 0 Å². The molecular weight excluding hydrogens is 299 g/mol. The summed E-state index contributed by atoms with van der Waals surface area (Å²) in [6.45, 7) is 0.294. The summed E-state index contributed by atoms with van der Waals surface area (Å²) >= 11 is 11.8. The Morgan fingerprint density at radius 1 is 1.25 bits per heavy atom. The van der Waals surface area contributed by atoms with Gasteiger partial charge in [0.2, 0.25) is 0 Å². The van der Waals surface area contributed by atoms with E-state index in [0.29, 0.717) is 22.3 Å². The quantitative estimate of drug-likeness (QED) is 0.756. The number of amides is 1. The van der Waals surface area contributed by atoms with Gasteiger partial charge in [-0.2, -0.15) is 0 Å². The first-order chi connectivity index (χ1) is 9.38. The van der Waals surface area contributed by atoms with Crippen LogP contribution in [0.1, 0.15) is 15.9 Å². The number of halogens is 2. The number of nitrogen functional groups attached to an aromatic ring is 1. The van der Waals surface area contributed by atoms with Crippen molar-refractivity contribution in [3.05, 3.63) is 57.1 Å². The fourth-order valence-corrected chi connectivity index (χ4v) is 2.22. The molecule has 0 aliphatic carbocycles. The highest BCUT2D eigenvalue weighted by molar-refractivity contribution is 6.31. The second kappa shape index (κ2) is 5.56. The average Bonchev–Trinajstić information content (AvgIpc) is 2.36. The number of primary amides is 1. The van der Waals surface area contributed by atoms with Crippen LogP contribution in [0.25, 0.3) is 0 Å². The van der Waals surface area contributed by atoms with Crippen LogP contribution >= 0.6 is 23.2 Å². The predicted molar refractivity (Wildman–Crippen MR) is 78.8 cm³/mol. The van der Waals surface area contributed by atoms with Crippen LogP contribution in [0.5, 0.6) is 0 Å². The van der Waals surface area contributed by atoms with Crippen molar-refractivity contribution in [1.82, 2.24) is 4.57 Å². The van der Waals surface area contributed by atoms with Crippen molar-refractivity contribution < 1.29 is 4.79 Å². The summed E-state index contributed by atoms with van der Waals surface area (Å²) in [6.07, 6.45) is 1.55. The molecule has 1 aromatic heterocycles. The molecule has 0 radical (unpaired) electrons. The van der Waals surface area contributed by atoms with E-state index in [4.69, 9.17) is 40.1 Å². The van der Waals surface area contributed by atoms with Crippen molar-refractivity contribution in [2.75, 3.05) is 5.73 Å². The highest BCUT2D eigenvalue weighted by Gasteiger charge is 2.09. The Morgan fingerprint density at radius 3 is 2.55 bits per heavy atom. The summed E-state index contributed by atoms with van der Waals surface area (Å²) in [4.78, 5) is 11.3. The zero-order valence-electron chi connectivity index (χ0n) is 10.4. The number of nitrogens with one attached hydrogen (secondary N) is 1. The second-order valence-corrected chi connectivity index (χ2v) is 5.13. The minimum Gasteiger partial charge on any atom is -0.398 e. The standard InChI is InChI=1S/C13H12Cl2N4O/c14-8-2-1-7(11(16)4-8)5-19-6-9(15)3-10(12(19)17)13(18)20/h1-4,6,17H,5,16H2,(H2,18,20). The molecule has 0 atom stereocenters. The topological polar surface area (TPSA) is 97.9 Å². The number of nitrogens with two attached hydrogens (primary N) is 2. The van der Waals surface area contributed by atoms with E-state index in [1.807, 2.05) is 0 Å². The lowest BCUT2D eigenvalue weighted by Gasteiger charge is -2.12. The summed E-state index contributed by atoms with van der Waals surface area (Å²) in [5.41, 5.74) is 12.4. The molecule has 0 aliphatic rings. The number of pyridine rings is 1. The van der Waals surface area contributed by atoms with Crippen molar-refractivity contribution in [2.45, 2.75) is 6.54 Å². The first kappa shape index (κ1) is 14.4. The van der Waals surface area contributed by atoms with E-state index in [9.17, 15) is 4.79 Å². The molecule has 0 unspecified atom stereocenters. The molecule has 0 aliphatic heterocycles. The Labute approximate surface area is 125 Å². The maximum Gasteiger partial charge on any atom is 0.252 e. The van der Waals surface area contributed by atoms with Crippen LogP contribution in [-0.4, -0.2) is 10.5 Å². The molecule has 1 heterocycles. The van der Waals surface area contributed by atoms with E-state index >= 15 is 0 Å². The summed E-state index contributed by atoms with van der Waals surface area (Å²) in [5.74, 6) is -0.699. The molecule has 5 nitrogen and oxygen atoms in total. The van der Waals surface area contributed by atoms with Crippen molar-refractivity contribution >= 4 is 34.8 Å². The number of anilines is 1. The number of hydrogen-bond acceptors (Lipinski definition) is 3. The molecule has 2 aromatic rings. The van der Waals surface area contributed by atoms with Crippen molar-refractivity contribution in [2.24, 2.45) is 5.73 Å². The molecule has 7 heteroatoms. The lowest BCUT2D eigenvalue weighted by Crippen LogP contribution is -2.30. The van der Waals surface area contributed by atoms with E-state index in [0.717, 1.165) is 5.56 Å². The fraction of sp³-hybridized carbons (Fsp3) is 0.0769.